The van der Waals surface area contributed by atoms with Crippen LogP contribution < -0.4 is 4.72 Å². The molecular weight excluding hydrogens is 420 g/mol. The molecule has 1 saturated heterocycles. The molecule has 2 heterocycles. The van der Waals surface area contributed by atoms with Crippen molar-refractivity contribution >= 4 is 38.7 Å². The Hall–Kier alpha value is -1.32. The van der Waals surface area contributed by atoms with Gasteiger partial charge in [0.1, 0.15) is 15.1 Å². The lowest BCUT2D eigenvalue weighted by Gasteiger charge is -2.25. The number of halogens is 1. The molecule has 2 aromatic rings. The highest BCUT2D eigenvalue weighted by Crippen LogP contribution is 2.32. The molecule has 1 atom stereocenters. The Balaban J connectivity index is 1.88. The highest BCUT2D eigenvalue weighted by Gasteiger charge is 2.23. The summed E-state index contributed by atoms with van der Waals surface area (Å²) >= 11 is 7.16. The molecule has 152 valence electrons. The van der Waals surface area contributed by atoms with Gasteiger partial charge in [0.2, 0.25) is 10.0 Å². The van der Waals surface area contributed by atoms with E-state index >= 15 is 0 Å². The van der Waals surface area contributed by atoms with Crippen LogP contribution in [0, 0.1) is 0 Å². The van der Waals surface area contributed by atoms with Crippen LogP contribution in [-0.4, -0.2) is 32.3 Å². The zero-order chi connectivity index (χ0) is 20.1. The molecule has 1 aromatic carbocycles. The molecule has 0 radical (unpaired) electrons. The fourth-order valence-corrected chi connectivity index (χ4v) is 5.37. The van der Waals surface area contributed by atoms with Crippen LogP contribution in [-0.2, 0) is 32.4 Å². The first kappa shape index (κ1) is 21.4. The smallest absolute Gasteiger partial charge is 0.240 e. The molecule has 1 N–H and O–H groups in total. The van der Waals surface area contributed by atoms with Crippen LogP contribution in [0.5, 0.6) is 0 Å². The van der Waals surface area contributed by atoms with E-state index in [2.05, 4.69) is 9.71 Å². The summed E-state index contributed by atoms with van der Waals surface area (Å²) in [6.45, 7) is 2.70. The van der Waals surface area contributed by atoms with Crippen LogP contribution in [0.25, 0.3) is 0 Å². The Kier molecular flexibility index (Phi) is 7.22. The van der Waals surface area contributed by atoms with Gasteiger partial charge >= 0.3 is 0 Å². The number of ketones is 1. The molecule has 28 heavy (non-hydrogen) atoms. The summed E-state index contributed by atoms with van der Waals surface area (Å²) in [5.41, 5.74) is 1.58. The average Bonchev–Trinajstić information content (AvgIpc) is 3.07. The van der Waals surface area contributed by atoms with Crippen molar-refractivity contribution in [2.24, 2.45) is 0 Å². The second kappa shape index (κ2) is 9.45. The molecule has 0 spiro atoms. The summed E-state index contributed by atoms with van der Waals surface area (Å²) in [7, 11) is -3.60. The van der Waals surface area contributed by atoms with Gasteiger partial charge in [0.15, 0.2) is 0 Å². The number of sulfonamides is 1. The van der Waals surface area contributed by atoms with Crippen LogP contribution in [0.4, 0.5) is 0 Å². The van der Waals surface area contributed by atoms with Crippen molar-refractivity contribution in [1.29, 1.82) is 0 Å². The number of thiazole rings is 1. The van der Waals surface area contributed by atoms with Gasteiger partial charge < -0.3 is 4.74 Å². The molecule has 1 unspecified atom stereocenters. The van der Waals surface area contributed by atoms with Crippen molar-refractivity contribution in [3.8, 4) is 0 Å². The van der Waals surface area contributed by atoms with Gasteiger partial charge in [-0.25, -0.2) is 18.1 Å². The minimum Gasteiger partial charge on any atom is -0.374 e. The number of ether oxygens (including phenoxy) is 1. The molecule has 0 bridgehead atoms. The van der Waals surface area contributed by atoms with Crippen LogP contribution in [0.1, 0.15) is 48.4 Å². The number of hydrogen-bond acceptors (Lipinski definition) is 6. The van der Waals surface area contributed by atoms with Crippen molar-refractivity contribution in [3.05, 3.63) is 44.9 Å². The molecule has 0 aliphatic carbocycles. The van der Waals surface area contributed by atoms with Gasteiger partial charge in [-0.15, -0.1) is 11.3 Å². The van der Waals surface area contributed by atoms with Gasteiger partial charge in [-0.1, -0.05) is 24.6 Å². The Labute approximate surface area is 174 Å². The predicted molar refractivity (Wildman–Crippen MR) is 109 cm³/mol. The molecule has 0 amide bonds. The Morgan fingerprint density at radius 2 is 2.18 bits per heavy atom. The highest BCUT2D eigenvalue weighted by molar-refractivity contribution is 7.89. The maximum Gasteiger partial charge on any atom is 0.240 e. The van der Waals surface area contributed by atoms with Crippen molar-refractivity contribution < 1.29 is 17.9 Å². The third-order valence-corrected chi connectivity index (χ3v) is 7.21. The average molecular weight is 443 g/mol. The summed E-state index contributed by atoms with van der Waals surface area (Å²) < 4.78 is 33.7. The van der Waals surface area contributed by atoms with Crippen LogP contribution in [0.3, 0.4) is 0 Å². The predicted octanol–water partition coefficient (Wildman–Crippen LogP) is 3.69. The molecule has 1 fully saturated rings. The summed E-state index contributed by atoms with van der Waals surface area (Å²) in [6.07, 6.45) is 4.65. The zero-order valence-corrected chi connectivity index (χ0v) is 18.0. The summed E-state index contributed by atoms with van der Waals surface area (Å²) in [6, 6.07) is 4.96. The largest absolute Gasteiger partial charge is 0.374 e. The van der Waals surface area contributed by atoms with Gasteiger partial charge in [-0.3, -0.25) is 4.79 Å². The van der Waals surface area contributed by atoms with Crippen molar-refractivity contribution in [2.75, 3.05) is 13.2 Å². The molecular formula is C19H23ClN2O4S2. The quantitative estimate of drug-likeness (QED) is 0.673. The summed E-state index contributed by atoms with van der Waals surface area (Å²) in [4.78, 5) is 16.9. The lowest BCUT2D eigenvalue weighted by molar-refractivity contribution is -0.117. The molecule has 1 aromatic heterocycles. The lowest BCUT2D eigenvalue weighted by atomic mass is 9.93. The highest BCUT2D eigenvalue weighted by atomic mass is 35.5. The Morgan fingerprint density at radius 1 is 1.36 bits per heavy atom. The molecule has 9 heteroatoms. The monoisotopic (exact) mass is 442 g/mol. The topological polar surface area (TPSA) is 85.4 Å². The number of aromatic nitrogens is 1. The molecule has 3 rings (SSSR count). The van der Waals surface area contributed by atoms with Crippen molar-refractivity contribution in [3.63, 3.8) is 0 Å². The third-order valence-electron chi connectivity index (χ3n) is 4.55. The number of hydrogen-bond donors (Lipinski definition) is 1. The molecule has 1 aliphatic rings. The van der Waals surface area contributed by atoms with Gasteiger partial charge in [0.05, 0.1) is 23.6 Å². The Morgan fingerprint density at radius 3 is 2.82 bits per heavy atom. The first-order valence-electron chi connectivity index (χ1n) is 9.25. The zero-order valence-electron chi connectivity index (χ0n) is 15.6. The number of Topliss-reactive ketones (excluding diaryl/α,β-unsaturated/α-hetero) is 1. The minimum absolute atomic E-state index is 0.0407. The lowest BCUT2D eigenvalue weighted by Crippen LogP contribution is -2.24. The molecule has 6 nitrogen and oxygen atoms in total. The molecule has 0 saturated carbocycles. The van der Waals surface area contributed by atoms with Crippen LogP contribution >= 0.6 is 22.9 Å². The first-order chi connectivity index (χ1) is 13.4. The van der Waals surface area contributed by atoms with Gasteiger partial charge in [-0.2, -0.15) is 0 Å². The number of carbonyl (C=O) groups is 1. The Bertz CT molecular complexity index is 937. The minimum atomic E-state index is -3.60. The van der Waals surface area contributed by atoms with E-state index in [1.807, 2.05) is 0 Å². The number of carbonyl (C=O) groups excluding carboxylic acids is 1. The maximum absolute atomic E-state index is 12.6. The van der Waals surface area contributed by atoms with E-state index < -0.39 is 10.0 Å². The third kappa shape index (κ3) is 5.39. The second-order valence-electron chi connectivity index (χ2n) is 6.67. The normalized spacial score (nSPS) is 17.6. The second-order valence-corrected chi connectivity index (χ2v) is 10.2. The number of benzene rings is 1. The van der Waals surface area contributed by atoms with E-state index in [-0.39, 0.29) is 29.6 Å². The summed E-state index contributed by atoms with van der Waals surface area (Å²) in [5, 5.41) is 0.655. The van der Waals surface area contributed by atoms with Gasteiger partial charge in [-0.05, 0) is 42.5 Å². The number of nitrogens with zero attached hydrogens (tertiary/aromatic N) is 1. The SMILES string of the molecule is CCNS(=O)(=O)c1ccc(C2CCCCO2)c(CC(=O)Cc2ncc(Cl)s2)c1. The fraction of sp³-hybridized carbons (Fsp3) is 0.474. The number of nitrogens with one attached hydrogen (secondary N) is 1. The standard InChI is InChI=1S/C19H23ClN2O4S2/c1-2-22-28(24,25)15-6-7-16(17-5-3-4-8-26-17)13(10-15)9-14(23)11-19-21-12-18(20)27-19/h6-7,10,12,17,22H,2-5,8-9,11H2,1H3. The van der Waals surface area contributed by atoms with Gasteiger partial charge in [0, 0.05) is 19.6 Å². The van der Waals surface area contributed by atoms with Crippen molar-refractivity contribution in [2.45, 2.75) is 50.0 Å². The molecule has 1 aliphatic heterocycles. The van der Waals surface area contributed by atoms with E-state index in [0.717, 1.165) is 24.8 Å². The summed E-state index contributed by atoms with van der Waals surface area (Å²) in [5.74, 6) is -0.0407. The van der Waals surface area contributed by atoms with Crippen LogP contribution in [0.2, 0.25) is 4.34 Å². The number of rotatable bonds is 8. The van der Waals surface area contributed by atoms with E-state index in [4.69, 9.17) is 16.3 Å². The van der Waals surface area contributed by atoms with E-state index in [9.17, 15) is 13.2 Å². The van der Waals surface area contributed by atoms with Crippen molar-refractivity contribution in [1.82, 2.24) is 9.71 Å². The van der Waals surface area contributed by atoms with Crippen LogP contribution in [0.15, 0.2) is 29.3 Å². The fourth-order valence-electron chi connectivity index (χ4n) is 3.29. The van der Waals surface area contributed by atoms with E-state index in [1.165, 1.54) is 17.5 Å². The van der Waals surface area contributed by atoms with E-state index in [1.54, 1.807) is 25.1 Å². The first-order valence-corrected chi connectivity index (χ1v) is 11.9. The maximum atomic E-state index is 12.6. The van der Waals surface area contributed by atoms with Gasteiger partial charge in [0.25, 0.3) is 0 Å². The van der Waals surface area contributed by atoms with E-state index in [0.29, 0.717) is 28.1 Å².